The number of thiocarbonyl (C=S) groups is 1. The van der Waals surface area contributed by atoms with Crippen LogP contribution in [0.1, 0.15) is 17.5 Å². The van der Waals surface area contributed by atoms with Crippen molar-refractivity contribution in [3.63, 3.8) is 0 Å². The molecule has 2 amide bonds. The van der Waals surface area contributed by atoms with Gasteiger partial charge in [0.1, 0.15) is 11.9 Å². The van der Waals surface area contributed by atoms with E-state index in [0.717, 1.165) is 5.56 Å². The lowest BCUT2D eigenvalue weighted by Gasteiger charge is -2.36. The van der Waals surface area contributed by atoms with Gasteiger partial charge in [-0.2, -0.15) is 0 Å². The molecule has 2 aromatic carbocycles. The number of piperazine rings is 1. The van der Waals surface area contributed by atoms with E-state index in [2.05, 4.69) is 10.6 Å². The molecule has 0 bridgehead atoms. The zero-order chi connectivity index (χ0) is 23.6. The van der Waals surface area contributed by atoms with Gasteiger partial charge in [-0.15, -0.1) is 0 Å². The molecule has 172 valence electrons. The zero-order valence-electron chi connectivity index (χ0n) is 17.8. The molecule has 0 radical (unpaired) electrons. The second kappa shape index (κ2) is 11.9. The minimum Gasteiger partial charge on any atom is -0.465 e. The summed E-state index contributed by atoms with van der Waals surface area (Å²) in [4.78, 5) is 38.5. The van der Waals surface area contributed by atoms with Gasteiger partial charge < -0.3 is 15.0 Å². The predicted octanol–water partition coefficient (Wildman–Crippen LogP) is 2.22. The van der Waals surface area contributed by atoms with Crippen molar-refractivity contribution in [2.75, 3.05) is 19.7 Å². The number of benzene rings is 2. The number of carbonyl (C=O) groups is 3. The second-order valence-electron chi connectivity index (χ2n) is 7.34. The van der Waals surface area contributed by atoms with Crippen molar-refractivity contribution >= 4 is 41.2 Å². The lowest BCUT2D eigenvalue weighted by molar-refractivity contribution is -0.147. The molecule has 1 fully saturated rings. The molecular weight excluding hydrogens is 445 g/mol. The van der Waals surface area contributed by atoms with Crippen molar-refractivity contribution in [1.82, 2.24) is 15.5 Å². The average Bonchev–Trinajstić information content (AvgIpc) is 2.80. The monoisotopic (exact) mass is 469 g/mol. The van der Waals surface area contributed by atoms with Gasteiger partial charge in [0.05, 0.1) is 13.0 Å². The fourth-order valence-corrected chi connectivity index (χ4v) is 3.59. The number of nitrogens with one attached hydrogen (secondary N) is 2. The van der Waals surface area contributed by atoms with Crippen molar-refractivity contribution in [2.24, 2.45) is 0 Å². The quantitative estimate of drug-likeness (QED) is 0.367. The number of hydrogen-bond acceptors (Lipinski definition) is 5. The number of carbonyl (C=O) groups excluding carboxylic acids is 3. The Hall–Kier alpha value is -3.59. The first-order valence-electron chi connectivity index (χ1n) is 10.4. The van der Waals surface area contributed by atoms with E-state index in [-0.39, 0.29) is 29.9 Å². The Bertz CT molecular complexity index is 1030. The number of nitrogens with zero attached hydrogens (tertiary/aromatic N) is 1. The summed E-state index contributed by atoms with van der Waals surface area (Å²) in [5.74, 6) is -1.76. The first-order valence-corrected chi connectivity index (χ1v) is 10.9. The van der Waals surface area contributed by atoms with Crippen molar-refractivity contribution in [3.05, 3.63) is 77.6 Å². The van der Waals surface area contributed by atoms with Crippen LogP contribution in [0.15, 0.2) is 60.7 Å². The van der Waals surface area contributed by atoms with Crippen molar-refractivity contribution in [1.29, 1.82) is 0 Å². The fourth-order valence-electron chi connectivity index (χ4n) is 3.27. The molecule has 0 aromatic heterocycles. The highest BCUT2D eigenvalue weighted by Gasteiger charge is 2.34. The molecule has 9 heteroatoms. The Balaban J connectivity index is 1.52. The molecule has 2 aromatic rings. The van der Waals surface area contributed by atoms with Crippen LogP contribution in [0.2, 0.25) is 0 Å². The fraction of sp³-hybridized carbons (Fsp3) is 0.250. The highest BCUT2D eigenvalue weighted by molar-refractivity contribution is 7.80. The summed E-state index contributed by atoms with van der Waals surface area (Å²) in [7, 11) is 0. The molecule has 33 heavy (non-hydrogen) atoms. The van der Waals surface area contributed by atoms with E-state index in [1.54, 1.807) is 0 Å². The minimum atomic E-state index is -0.878. The van der Waals surface area contributed by atoms with Gasteiger partial charge in [-0.25, -0.2) is 4.39 Å². The Morgan fingerprint density at radius 3 is 2.64 bits per heavy atom. The van der Waals surface area contributed by atoms with E-state index in [1.165, 1.54) is 41.3 Å². The first-order chi connectivity index (χ1) is 15.9. The number of rotatable bonds is 7. The van der Waals surface area contributed by atoms with Crippen molar-refractivity contribution in [3.8, 4) is 0 Å². The lowest BCUT2D eigenvalue weighted by atomic mass is 10.1. The number of ether oxygens (including phenoxy) is 1. The van der Waals surface area contributed by atoms with Crippen LogP contribution in [0, 0.1) is 5.82 Å². The molecule has 1 heterocycles. The van der Waals surface area contributed by atoms with Gasteiger partial charge in [-0.3, -0.25) is 19.7 Å². The summed E-state index contributed by atoms with van der Waals surface area (Å²) in [5, 5.41) is 5.29. The average molecular weight is 470 g/mol. The molecule has 7 nitrogen and oxygen atoms in total. The largest absolute Gasteiger partial charge is 0.465 e. The van der Waals surface area contributed by atoms with Crippen LogP contribution >= 0.6 is 12.2 Å². The summed E-state index contributed by atoms with van der Waals surface area (Å²) >= 11 is 5.31. The Labute approximate surface area is 196 Å². The molecule has 0 aliphatic carbocycles. The SMILES string of the molecule is O=C(C=Cc1ccc(F)cc1)NC(=S)N1CCNC(=O)C1CC(=O)OCCc1ccccc1. The van der Waals surface area contributed by atoms with Crippen LogP contribution in [0.4, 0.5) is 4.39 Å². The second-order valence-corrected chi connectivity index (χ2v) is 7.73. The van der Waals surface area contributed by atoms with Gasteiger partial charge in [0.2, 0.25) is 11.8 Å². The predicted molar refractivity (Wildman–Crippen MR) is 125 cm³/mol. The molecule has 2 N–H and O–H groups in total. The molecule has 1 aliphatic heterocycles. The number of esters is 1. The molecular formula is C24H24FN3O4S. The summed E-state index contributed by atoms with van der Waals surface area (Å²) in [6.45, 7) is 0.876. The standard InChI is InChI=1S/C24H24FN3O4S/c25-19-9-6-18(7-10-19)8-11-21(29)27-24(33)28-14-13-26-23(31)20(28)16-22(30)32-15-12-17-4-2-1-3-5-17/h1-11,20H,12-16H2,(H,26,31)(H,27,29,33). The van der Waals surface area contributed by atoms with Gasteiger partial charge in [0.25, 0.3) is 0 Å². The number of amides is 2. The smallest absolute Gasteiger partial charge is 0.308 e. The van der Waals surface area contributed by atoms with E-state index in [0.29, 0.717) is 25.1 Å². The Morgan fingerprint density at radius 2 is 1.91 bits per heavy atom. The molecule has 3 rings (SSSR count). The van der Waals surface area contributed by atoms with E-state index < -0.39 is 17.9 Å². The minimum absolute atomic E-state index is 0.0423. The van der Waals surface area contributed by atoms with E-state index in [4.69, 9.17) is 17.0 Å². The molecule has 1 saturated heterocycles. The topological polar surface area (TPSA) is 87.7 Å². The molecule has 0 saturated carbocycles. The van der Waals surface area contributed by atoms with E-state index in [9.17, 15) is 18.8 Å². The summed E-state index contributed by atoms with van der Waals surface area (Å²) in [6, 6.07) is 14.4. The Morgan fingerprint density at radius 1 is 1.18 bits per heavy atom. The van der Waals surface area contributed by atoms with E-state index in [1.807, 2.05) is 30.3 Å². The Kier molecular flexibility index (Phi) is 8.65. The van der Waals surface area contributed by atoms with Gasteiger partial charge in [-0.05, 0) is 41.6 Å². The maximum Gasteiger partial charge on any atom is 0.308 e. The third-order valence-electron chi connectivity index (χ3n) is 4.98. The van der Waals surface area contributed by atoms with Gasteiger partial charge in [0, 0.05) is 25.6 Å². The first kappa shape index (κ1) is 24.1. The summed E-state index contributed by atoms with van der Waals surface area (Å²) in [5.41, 5.74) is 1.69. The normalized spacial score (nSPS) is 15.7. The van der Waals surface area contributed by atoms with Gasteiger partial charge >= 0.3 is 5.97 Å². The van der Waals surface area contributed by atoms with Crippen molar-refractivity contribution in [2.45, 2.75) is 18.9 Å². The highest BCUT2D eigenvalue weighted by atomic mass is 32.1. The van der Waals surface area contributed by atoms with Gasteiger partial charge in [-0.1, -0.05) is 42.5 Å². The van der Waals surface area contributed by atoms with Crippen LogP contribution in [0.5, 0.6) is 0 Å². The zero-order valence-corrected chi connectivity index (χ0v) is 18.6. The third kappa shape index (κ3) is 7.50. The van der Waals surface area contributed by atoms with Crippen LogP contribution < -0.4 is 10.6 Å². The van der Waals surface area contributed by atoms with Crippen LogP contribution in [-0.4, -0.2) is 53.5 Å². The van der Waals surface area contributed by atoms with Crippen LogP contribution in [-0.2, 0) is 25.5 Å². The molecule has 0 spiro atoms. The number of hydrogen-bond donors (Lipinski definition) is 2. The maximum absolute atomic E-state index is 13.0. The molecule has 1 atom stereocenters. The number of halogens is 1. The van der Waals surface area contributed by atoms with Gasteiger partial charge in [0.15, 0.2) is 5.11 Å². The lowest BCUT2D eigenvalue weighted by Crippen LogP contribution is -2.60. The molecule has 1 unspecified atom stereocenters. The van der Waals surface area contributed by atoms with Crippen LogP contribution in [0.3, 0.4) is 0 Å². The summed E-state index contributed by atoms with van der Waals surface area (Å²) < 4.78 is 18.3. The third-order valence-corrected chi connectivity index (χ3v) is 5.31. The highest BCUT2D eigenvalue weighted by Crippen LogP contribution is 2.11. The van der Waals surface area contributed by atoms with Crippen LogP contribution in [0.25, 0.3) is 6.08 Å². The maximum atomic E-state index is 13.0. The van der Waals surface area contributed by atoms with Crippen molar-refractivity contribution < 1.29 is 23.5 Å². The molecule has 1 aliphatic rings. The van der Waals surface area contributed by atoms with E-state index >= 15 is 0 Å². The summed E-state index contributed by atoms with van der Waals surface area (Å²) in [6.07, 6.45) is 3.16.